The van der Waals surface area contributed by atoms with Crippen LogP contribution in [0.3, 0.4) is 0 Å². The molecule has 2 atom stereocenters. The lowest BCUT2D eigenvalue weighted by molar-refractivity contribution is -0.137. The molecule has 1 aromatic rings. The molecule has 0 aliphatic carbocycles. The Hall–Kier alpha value is -2.06. The first-order chi connectivity index (χ1) is 10.8. The van der Waals surface area contributed by atoms with Gasteiger partial charge in [-0.1, -0.05) is 0 Å². The molecule has 2 unspecified atom stereocenters. The number of amides is 1. The molecule has 0 saturated heterocycles. The van der Waals surface area contributed by atoms with Crippen molar-refractivity contribution in [3.8, 4) is 0 Å². The average Bonchev–Trinajstić information content (AvgIpc) is 2.44. The molecule has 0 bridgehead atoms. The molecule has 128 valence electrons. The summed E-state index contributed by atoms with van der Waals surface area (Å²) in [5, 5.41) is 20.9. The average molecular weight is 330 g/mol. The highest BCUT2D eigenvalue weighted by atomic mass is 19.1. The number of aliphatic carboxylic acids is 1. The Balaban J connectivity index is 2.68. The highest BCUT2D eigenvalue weighted by molar-refractivity contribution is 5.77. The van der Waals surface area contributed by atoms with Crippen LogP contribution in [0, 0.1) is 11.6 Å². The van der Waals surface area contributed by atoms with Gasteiger partial charge in [-0.15, -0.1) is 0 Å². The van der Waals surface area contributed by atoms with Crippen LogP contribution in [-0.2, 0) is 16.0 Å². The lowest BCUT2D eigenvalue weighted by Gasteiger charge is -2.23. The highest BCUT2D eigenvalue weighted by Crippen LogP contribution is 2.12. The summed E-state index contributed by atoms with van der Waals surface area (Å²) in [6, 6.07) is 2.12. The lowest BCUT2D eigenvalue weighted by Crippen LogP contribution is -2.47. The fourth-order valence-corrected chi connectivity index (χ4v) is 2.11. The van der Waals surface area contributed by atoms with Gasteiger partial charge >= 0.3 is 5.97 Å². The zero-order valence-electron chi connectivity index (χ0n) is 12.5. The van der Waals surface area contributed by atoms with E-state index in [4.69, 9.17) is 10.8 Å². The molecule has 0 saturated carbocycles. The minimum Gasteiger partial charge on any atom is -0.481 e. The van der Waals surface area contributed by atoms with E-state index in [0.29, 0.717) is 0 Å². The van der Waals surface area contributed by atoms with E-state index in [9.17, 15) is 23.5 Å². The molecular formula is C15H20F2N2O4. The Morgan fingerprint density at radius 2 is 1.78 bits per heavy atom. The summed E-state index contributed by atoms with van der Waals surface area (Å²) in [4.78, 5) is 22.2. The molecule has 0 fully saturated rings. The maximum absolute atomic E-state index is 13.2. The van der Waals surface area contributed by atoms with E-state index in [-0.39, 0.29) is 37.8 Å². The largest absolute Gasteiger partial charge is 0.481 e. The van der Waals surface area contributed by atoms with Gasteiger partial charge in [-0.3, -0.25) is 9.59 Å². The van der Waals surface area contributed by atoms with Crippen molar-refractivity contribution in [2.75, 3.05) is 6.54 Å². The topological polar surface area (TPSA) is 113 Å². The van der Waals surface area contributed by atoms with Gasteiger partial charge in [0.15, 0.2) is 0 Å². The number of aliphatic hydroxyl groups is 1. The third-order valence-corrected chi connectivity index (χ3v) is 3.22. The molecule has 1 amide bonds. The van der Waals surface area contributed by atoms with Crippen molar-refractivity contribution in [2.45, 2.75) is 37.8 Å². The second-order valence-corrected chi connectivity index (χ2v) is 5.21. The van der Waals surface area contributed by atoms with Gasteiger partial charge in [0.1, 0.15) is 11.6 Å². The summed E-state index contributed by atoms with van der Waals surface area (Å²) >= 11 is 0. The van der Waals surface area contributed by atoms with Crippen LogP contribution in [0.1, 0.15) is 24.8 Å². The van der Waals surface area contributed by atoms with Crippen molar-refractivity contribution in [3.63, 3.8) is 0 Å². The van der Waals surface area contributed by atoms with Crippen LogP contribution in [0.25, 0.3) is 0 Å². The van der Waals surface area contributed by atoms with Crippen molar-refractivity contribution >= 4 is 11.9 Å². The lowest BCUT2D eigenvalue weighted by atomic mass is 10.0. The summed E-state index contributed by atoms with van der Waals surface area (Å²) in [5.74, 6) is -2.98. The van der Waals surface area contributed by atoms with Crippen LogP contribution in [-0.4, -0.2) is 40.8 Å². The van der Waals surface area contributed by atoms with E-state index in [1.165, 1.54) is 0 Å². The summed E-state index contributed by atoms with van der Waals surface area (Å²) in [7, 11) is 0. The first kappa shape index (κ1) is 19.0. The molecule has 0 aliphatic heterocycles. The van der Waals surface area contributed by atoms with Gasteiger partial charge in [-0.2, -0.15) is 0 Å². The van der Waals surface area contributed by atoms with Gasteiger partial charge in [-0.25, -0.2) is 8.78 Å². The molecular weight excluding hydrogens is 310 g/mol. The van der Waals surface area contributed by atoms with Gasteiger partial charge < -0.3 is 21.3 Å². The molecule has 0 heterocycles. The molecule has 0 spiro atoms. The Morgan fingerprint density at radius 3 is 2.30 bits per heavy atom. The van der Waals surface area contributed by atoms with E-state index >= 15 is 0 Å². The SMILES string of the molecule is NCC(O)C(Cc1cc(F)cc(F)c1)NC(=O)CCCC(=O)O. The molecule has 23 heavy (non-hydrogen) atoms. The van der Waals surface area contributed by atoms with E-state index in [1.807, 2.05) is 0 Å². The fourth-order valence-electron chi connectivity index (χ4n) is 2.11. The highest BCUT2D eigenvalue weighted by Gasteiger charge is 2.21. The zero-order valence-corrected chi connectivity index (χ0v) is 12.5. The molecule has 6 nitrogen and oxygen atoms in total. The van der Waals surface area contributed by atoms with Crippen LogP contribution >= 0.6 is 0 Å². The number of carbonyl (C=O) groups excluding carboxylic acids is 1. The van der Waals surface area contributed by atoms with Gasteiger partial charge in [0, 0.05) is 25.5 Å². The first-order valence-electron chi connectivity index (χ1n) is 7.16. The monoisotopic (exact) mass is 330 g/mol. The van der Waals surface area contributed by atoms with Crippen molar-refractivity contribution in [1.29, 1.82) is 0 Å². The van der Waals surface area contributed by atoms with Crippen molar-refractivity contribution in [3.05, 3.63) is 35.4 Å². The molecule has 5 N–H and O–H groups in total. The van der Waals surface area contributed by atoms with Crippen LogP contribution in [0.5, 0.6) is 0 Å². The summed E-state index contributed by atoms with van der Waals surface area (Å²) < 4.78 is 26.4. The number of benzene rings is 1. The number of carboxylic acids is 1. The molecule has 1 aromatic carbocycles. The third-order valence-electron chi connectivity index (χ3n) is 3.22. The van der Waals surface area contributed by atoms with Gasteiger partial charge in [-0.05, 0) is 30.5 Å². The fraction of sp³-hybridized carbons (Fsp3) is 0.467. The summed E-state index contributed by atoms with van der Waals surface area (Å²) in [6.07, 6.45) is -1.12. The zero-order chi connectivity index (χ0) is 17.4. The van der Waals surface area contributed by atoms with Gasteiger partial charge in [0.05, 0.1) is 12.1 Å². The van der Waals surface area contributed by atoms with Crippen LogP contribution < -0.4 is 11.1 Å². The number of rotatable bonds is 9. The Bertz CT molecular complexity index is 534. The van der Waals surface area contributed by atoms with Gasteiger partial charge in [0.2, 0.25) is 5.91 Å². The third kappa shape index (κ3) is 7.16. The number of halogens is 2. The van der Waals surface area contributed by atoms with Crippen molar-refractivity contribution < 1.29 is 28.6 Å². The summed E-state index contributed by atoms with van der Waals surface area (Å²) in [5.41, 5.74) is 5.64. The molecule has 1 rings (SSSR count). The number of nitrogens with two attached hydrogens (primary N) is 1. The maximum Gasteiger partial charge on any atom is 0.303 e. The second kappa shape index (κ2) is 9.16. The number of hydrogen-bond donors (Lipinski definition) is 4. The van der Waals surface area contributed by atoms with Crippen molar-refractivity contribution in [1.82, 2.24) is 5.32 Å². The Morgan fingerprint density at radius 1 is 1.17 bits per heavy atom. The molecule has 8 heteroatoms. The van der Waals surface area contributed by atoms with E-state index in [2.05, 4.69) is 5.32 Å². The Kier molecular flexibility index (Phi) is 7.56. The van der Waals surface area contributed by atoms with Crippen molar-refractivity contribution in [2.24, 2.45) is 5.73 Å². The second-order valence-electron chi connectivity index (χ2n) is 5.21. The van der Waals surface area contributed by atoms with E-state index in [1.54, 1.807) is 0 Å². The Labute approximate surface area is 132 Å². The van der Waals surface area contributed by atoms with Gasteiger partial charge in [0.25, 0.3) is 0 Å². The number of hydrogen-bond acceptors (Lipinski definition) is 4. The van der Waals surface area contributed by atoms with Crippen LogP contribution in [0.15, 0.2) is 18.2 Å². The predicted octanol–water partition coefficient (Wildman–Crippen LogP) is 0.567. The quantitative estimate of drug-likeness (QED) is 0.529. The van der Waals surface area contributed by atoms with Crippen LogP contribution in [0.2, 0.25) is 0 Å². The van der Waals surface area contributed by atoms with E-state index in [0.717, 1.165) is 18.2 Å². The minimum absolute atomic E-state index is 0.00226. The number of carbonyl (C=O) groups is 2. The normalized spacial score (nSPS) is 13.4. The molecule has 0 radical (unpaired) electrons. The summed E-state index contributed by atoms with van der Waals surface area (Å²) in [6.45, 7) is -0.141. The standard InChI is InChI=1S/C15H20F2N2O4/c16-10-4-9(5-11(17)7-10)6-12(13(20)8-18)19-14(21)2-1-3-15(22)23/h4-5,7,12-13,20H,1-3,6,8,18H2,(H,19,21)(H,22,23). The number of carboxylic acid groups (broad SMARTS) is 1. The minimum atomic E-state index is -1.09. The number of aliphatic hydroxyl groups excluding tert-OH is 1. The number of nitrogens with one attached hydrogen (secondary N) is 1. The molecule has 0 aliphatic rings. The van der Waals surface area contributed by atoms with Crippen LogP contribution in [0.4, 0.5) is 8.78 Å². The molecule has 0 aromatic heterocycles. The smallest absolute Gasteiger partial charge is 0.303 e. The first-order valence-corrected chi connectivity index (χ1v) is 7.16. The maximum atomic E-state index is 13.2. The van der Waals surface area contributed by atoms with E-state index < -0.39 is 35.7 Å². The predicted molar refractivity (Wildman–Crippen MR) is 78.5 cm³/mol.